The second-order valence-electron chi connectivity index (χ2n) is 3.57. The SMILES string of the molecule is C=C1C(=O)N(c2cnc[nH]2)c2ccccc21. The van der Waals surface area contributed by atoms with Crippen molar-refractivity contribution in [3.05, 3.63) is 48.9 Å². The number of amides is 1. The van der Waals surface area contributed by atoms with Crippen LogP contribution in [0.2, 0.25) is 0 Å². The molecule has 0 atom stereocenters. The van der Waals surface area contributed by atoms with Gasteiger partial charge in [0.1, 0.15) is 5.82 Å². The summed E-state index contributed by atoms with van der Waals surface area (Å²) in [6.07, 6.45) is 3.17. The highest BCUT2D eigenvalue weighted by Crippen LogP contribution is 2.39. The van der Waals surface area contributed by atoms with E-state index in [1.807, 2.05) is 24.3 Å². The second-order valence-corrected chi connectivity index (χ2v) is 3.57. The Labute approximate surface area is 92.2 Å². The molecule has 0 unspecified atom stereocenters. The first kappa shape index (κ1) is 8.91. The number of carbonyl (C=O) groups is 1. The molecule has 1 aliphatic heterocycles. The maximum atomic E-state index is 12.0. The van der Waals surface area contributed by atoms with E-state index in [1.54, 1.807) is 17.4 Å². The van der Waals surface area contributed by atoms with Crippen molar-refractivity contribution < 1.29 is 4.79 Å². The Morgan fingerprint density at radius 2 is 2.12 bits per heavy atom. The number of hydrogen-bond donors (Lipinski definition) is 1. The first-order valence-electron chi connectivity index (χ1n) is 4.90. The van der Waals surface area contributed by atoms with Crippen molar-refractivity contribution in [2.45, 2.75) is 0 Å². The minimum absolute atomic E-state index is 0.106. The van der Waals surface area contributed by atoms with E-state index in [9.17, 15) is 4.79 Å². The number of fused-ring (bicyclic) bond motifs is 1. The number of imidazole rings is 1. The number of benzene rings is 1. The third-order valence-electron chi connectivity index (χ3n) is 2.66. The summed E-state index contributed by atoms with van der Waals surface area (Å²) in [4.78, 5) is 20.5. The molecule has 1 N–H and O–H groups in total. The predicted molar refractivity (Wildman–Crippen MR) is 61.2 cm³/mol. The summed E-state index contributed by atoms with van der Waals surface area (Å²) in [6, 6.07) is 7.58. The summed E-state index contributed by atoms with van der Waals surface area (Å²) in [5.41, 5.74) is 2.24. The maximum absolute atomic E-state index is 12.0. The van der Waals surface area contributed by atoms with Crippen LogP contribution >= 0.6 is 0 Å². The molecule has 0 radical (unpaired) electrons. The fourth-order valence-corrected chi connectivity index (χ4v) is 1.89. The van der Waals surface area contributed by atoms with Crippen molar-refractivity contribution >= 4 is 23.0 Å². The summed E-state index contributed by atoms with van der Waals surface area (Å²) in [5.74, 6) is 0.557. The highest BCUT2D eigenvalue weighted by atomic mass is 16.2. The van der Waals surface area contributed by atoms with Crippen LogP contribution in [-0.2, 0) is 4.79 Å². The van der Waals surface area contributed by atoms with Crippen LogP contribution in [0.1, 0.15) is 5.56 Å². The number of anilines is 2. The molecule has 0 saturated carbocycles. The van der Waals surface area contributed by atoms with E-state index in [0.717, 1.165) is 11.3 Å². The third kappa shape index (κ3) is 1.04. The van der Waals surface area contributed by atoms with Crippen LogP contribution in [0.3, 0.4) is 0 Å². The number of carbonyl (C=O) groups excluding carboxylic acids is 1. The lowest BCUT2D eigenvalue weighted by Gasteiger charge is -2.13. The zero-order chi connectivity index (χ0) is 11.1. The van der Waals surface area contributed by atoms with Crippen LogP contribution in [0.4, 0.5) is 11.5 Å². The lowest BCUT2D eigenvalue weighted by molar-refractivity contribution is -0.112. The topological polar surface area (TPSA) is 49.0 Å². The summed E-state index contributed by atoms with van der Waals surface area (Å²) in [5, 5.41) is 0. The standard InChI is InChI=1S/C12H9N3O/c1-8-9-4-2-3-5-10(9)15(12(8)16)11-6-13-7-14-11/h2-7H,1H2,(H,13,14). The molecule has 0 fully saturated rings. The molecule has 4 nitrogen and oxygen atoms in total. The molecule has 3 rings (SSSR count). The lowest BCUT2D eigenvalue weighted by atomic mass is 10.1. The van der Waals surface area contributed by atoms with Gasteiger partial charge in [0, 0.05) is 11.1 Å². The number of para-hydroxylation sites is 1. The molecule has 1 amide bonds. The van der Waals surface area contributed by atoms with Crippen LogP contribution in [0.5, 0.6) is 0 Å². The van der Waals surface area contributed by atoms with Gasteiger partial charge in [-0.05, 0) is 6.07 Å². The van der Waals surface area contributed by atoms with Gasteiger partial charge < -0.3 is 4.98 Å². The molecule has 1 aliphatic rings. The molecule has 4 heteroatoms. The summed E-state index contributed by atoms with van der Waals surface area (Å²) < 4.78 is 0. The quantitative estimate of drug-likeness (QED) is 0.734. The third-order valence-corrected chi connectivity index (χ3v) is 2.66. The van der Waals surface area contributed by atoms with Crippen LogP contribution in [-0.4, -0.2) is 15.9 Å². The van der Waals surface area contributed by atoms with E-state index in [-0.39, 0.29) is 5.91 Å². The highest BCUT2D eigenvalue weighted by Gasteiger charge is 2.32. The van der Waals surface area contributed by atoms with E-state index in [1.165, 1.54) is 0 Å². The molecule has 78 valence electrons. The van der Waals surface area contributed by atoms with Crippen molar-refractivity contribution in [1.82, 2.24) is 9.97 Å². The fraction of sp³-hybridized carbons (Fsp3) is 0. The van der Waals surface area contributed by atoms with Gasteiger partial charge in [0.2, 0.25) is 0 Å². The molecule has 0 bridgehead atoms. The number of nitrogens with zero attached hydrogens (tertiary/aromatic N) is 2. The van der Waals surface area contributed by atoms with E-state index in [4.69, 9.17) is 0 Å². The Bertz CT molecular complexity index is 572. The molecule has 0 saturated heterocycles. The molecule has 0 aliphatic carbocycles. The number of nitrogens with one attached hydrogen (secondary N) is 1. The van der Waals surface area contributed by atoms with Crippen molar-refractivity contribution in [2.24, 2.45) is 0 Å². The van der Waals surface area contributed by atoms with Crippen LogP contribution in [0, 0.1) is 0 Å². The van der Waals surface area contributed by atoms with Crippen molar-refractivity contribution in [3.63, 3.8) is 0 Å². The predicted octanol–water partition coefficient (Wildman–Crippen LogP) is 2.10. The van der Waals surface area contributed by atoms with E-state index in [0.29, 0.717) is 11.4 Å². The number of hydrogen-bond acceptors (Lipinski definition) is 2. The first-order chi connectivity index (χ1) is 7.79. The maximum Gasteiger partial charge on any atom is 0.264 e. The van der Waals surface area contributed by atoms with Crippen molar-refractivity contribution in [1.29, 1.82) is 0 Å². The highest BCUT2D eigenvalue weighted by molar-refractivity contribution is 6.34. The molecule has 1 aromatic heterocycles. The van der Waals surface area contributed by atoms with Crippen LogP contribution in [0.15, 0.2) is 43.4 Å². The Balaban J connectivity index is 2.22. The molecule has 2 heterocycles. The van der Waals surface area contributed by atoms with Gasteiger partial charge in [-0.2, -0.15) is 0 Å². The zero-order valence-electron chi connectivity index (χ0n) is 8.47. The minimum atomic E-state index is -0.106. The Morgan fingerprint density at radius 1 is 1.31 bits per heavy atom. The van der Waals surface area contributed by atoms with Crippen LogP contribution < -0.4 is 4.90 Å². The van der Waals surface area contributed by atoms with Crippen LogP contribution in [0.25, 0.3) is 5.57 Å². The van der Waals surface area contributed by atoms with Gasteiger partial charge in [-0.3, -0.25) is 9.69 Å². The van der Waals surface area contributed by atoms with E-state index >= 15 is 0 Å². The first-order valence-corrected chi connectivity index (χ1v) is 4.90. The Kier molecular flexibility index (Phi) is 1.71. The van der Waals surface area contributed by atoms with Crippen molar-refractivity contribution in [2.75, 3.05) is 4.90 Å². The largest absolute Gasteiger partial charge is 0.331 e. The molecular weight excluding hydrogens is 202 g/mol. The Hall–Kier alpha value is -2.36. The Morgan fingerprint density at radius 3 is 2.88 bits per heavy atom. The lowest BCUT2D eigenvalue weighted by Crippen LogP contribution is -2.20. The summed E-state index contributed by atoms with van der Waals surface area (Å²) >= 11 is 0. The molecule has 0 spiro atoms. The monoisotopic (exact) mass is 211 g/mol. The molecule has 2 aromatic rings. The average Bonchev–Trinajstić information content (AvgIpc) is 2.89. The zero-order valence-corrected chi connectivity index (χ0v) is 8.47. The van der Waals surface area contributed by atoms with Gasteiger partial charge in [-0.1, -0.05) is 24.8 Å². The van der Waals surface area contributed by atoms with Crippen molar-refractivity contribution in [3.8, 4) is 0 Å². The normalized spacial score (nSPS) is 14.4. The number of rotatable bonds is 1. The van der Waals surface area contributed by atoms with Gasteiger partial charge in [-0.15, -0.1) is 0 Å². The number of aromatic amines is 1. The van der Waals surface area contributed by atoms with Gasteiger partial charge in [0.25, 0.3) is 5.91 Å². The summed E-state index contributed by atoms with van der Waals surface area (Å²) in [7, 11) is 0. The molecule has 16 heavy (non-hydrogen) atoms. The smallest absolute Gasteiger partial charge is 0.264 e. The fourth-order valence-electron chi connectivity index (χ4n) is 1.89. The van der Waals surface area contributed by atoms with Gasteiger partial charge in [0.15, 0.2) is 0 Å². The van der Waals surface area contributed by atoms with E-state index in [2.05, 4.69) is 16.5 Å². The summed E-state index contributed by atoms with van der Waals surface area (Å²) in [6.45, 7) is 3.81. The van der Waals surface area contributed by atoms with E-state index < -0.39 is 0 Å². The van der Waals surface area contributed by atoms with Gasteiger partial charge >= 0.3 is 0 Å². The molecular formula is C12H9N3O. The van der Waals surface area contributed by atoms with Gasteiger partial charge in [-0.25, -0.2) is 4.98 Å². The molecule has 1 aromatic carbocycles. The minimum Gasteiger partial charge on any atom is -0.331 e. The van der Waals surface area contributed by atoms with Gasteiger partial charge in [0.05, 0.1) is 18.2 Å². The number of H-pyrrole nitrogens is 1. The second kappa shape index (κ2) is 3.06. The average molecular weight is 211 g/mol. The number of aromatic nitrogens is 2.